The number of fused-ring (bicyclic) bond motifs is 1. The number of methoxy groups -OCH3 is 1. The zero-order valence-electron chi connectivity index (χ0n) is 11.7. The molecule has 0 amide bonds. The summed E-state index contributed by atoms with van der Waals surface area (Å²) in [5, 5.41) is 0. The normalized spacial score (nSPS) is 14.4. The monoisotopic (exact) mass is 348 g/mol. The van der Waals surface area contributed by atoms with Gasteiger partial charge in [-0.05, 0) is 41.0 Å². The van der Waals surface area contributed by atoms with E-state index in [1.165, 1.54) is 5.56 Å². The number of hydrogen-bond donors (Lipinski definition) is 2. The minimum Gasteiger partial charge on any atom is -0.497 e. The zero-order chi connectivity index (χ0) is 14.8. The van der Waals surface area contributed by atoms with Crippen molar-refractivity contribution in [2.75, 3.05) is 13.7 Å². The molecule has 0 spiro atoms. The standard InChI is InChI=1S/C16H17BrN2O2/c1-20-12-3-4-14(17)13(9-12)16(19-18)11-2-5-15-10(8-11)6-7-21-15/h2-5,8-9,16,19H,6-7,18H2,1H3. The van der Waals surface area contributed by atoms with E-state index in [0.717, 1.165) is 40.1 Å². The van der Waals surface area contributed by atoms with Crippen LogP contribution in [0.25, 0.3) is 0 Å². The molecule has 2 aromatic rings. The average molecular weight is 349 g/mol. The zero-order valence-corrected chi connectivity index (χ0v) is 13.3. The van der Waals surface area contributed by atoms with Crippen molar-refractivity contribution in [3.8, 4) is 11.5 Å². The van der Waals surface area contributed by atoms with Gasteiger partial charge in [0.05, 0.1) is 19.8 Å². The lowest BCUT2D eigenvalue weighted by atomic mass is 9.97. The molecular formula is C16H17BrN2O2. The van der Waals surface area contributed by atoms with E-state index < -0.39 is 0 Å². The highest BCUT2D eigenvalue weighted by atomic mass is 79.9. The first-order valence-corrected chi connectivity index (χ1v) is 7.57. The Morgan fingerprint density at radius 2 is 2.14 bits per heavy atom. The minimum absolute atomic E-state index is 0.111. The van der Waals surface area contributed by atoms with Gasteiger partial charge < -0.3 is 9.47 Å². The third-order valence-corrected chi connectivity index (χ3v) is 4.45. The summed E-state index contributed by atoms with van der Waals surface area (Å²) in [5.74, 6) is 7.57. The van der Waals surface area contributed by atoms with Crippen LogP contribution in [0.3, 0.4) is 0 Å². The highest BCUT2D eigenvalue weighted by Crippen LogP contribution is 2.34. The molecule has 1 unspecified atom stereocenters. The molecule has 0 radical (unpaired) electrons. The molecule has 0 fully saturated rings. The number of benzene rings is 2. The van der Waals surface area contributed by atoms with Gasteiger partial charge in [0, 0.05) is 10.9 Å². The summed E-state index contributed by atoms with van der Waals surface area (Å²) in [7, 11) is 1.66. The number of ether oxygens (including phenoxy) is 2. The van der Waals surface area contributed by atoms with Gasteiger partial charge in [0.2, 0.25) is 0 Å². The topological polar surface area (TPSA) is 56.5 Å². The number of hydrogen-bond acceptors (Lipinski definition) is 4. The molecular weight excluding hydrogens is 332 g/mol. The fraction of sp³-hybridized carbons (Fsp3) is 0.250. The second kappa shape index (κ2) is 6.05. The van der Waals surface area contributed by atoms with Crippen molar-refractivity contribution >= 4 is 15.9 Å². The van der Waals surface area contributed by atoms with Crippen LogP contribution < -0.4 is 20.7 Å². The van der Waals surface area contributed by atoms with E-state index >= 15 is 0 Å². The minimum atomic E-state index is -0.111. The Balaban J connectivity index is 2.02. The van der Waals surface area contributed by atoms with E-state index in [2.05, 4.69) is 27.4 Å². The molecule has 0 aliphatic carbocycles. The third kappa shape index (κ3) is 2.77. The molecule has 2 aromatic carbocycles. The molecule has 1 heterocycles. The Bertz CT molecular complexity index is 661. The summed E-state index contributed by atoms with van der Waals surface area (Å²) in [4.78, 5) is 0. The Morgan fingerprint density at radius 1 is 1.29 bits per heavy atom. The summed E-state index contributed by atoms with van der Waals surface area (Å²) >= 11 is 3.58. The fourth-order valence-electron chi connectivity index (χ4n) is 2.62. The Labute approximate surface area is 132 Å². The van der Waals surface area contributed by atoms with Crippen LogP contribution in [0.5, 0.6) is 11.5 Å². The van der Waals surface area contributed by atoms with Crippen molar-refractivity contribution in [2.45, 2.75) is 12.5 Å². The molecule has 0 saturated carbocycles. The molecule has 0 saturated heterocycles. The van der Waals surface area contributed by atoms with E-state index in [1.54, 1.807) is 7.11 Å². The Hall–Kier alpha value is -1.56. The maximum atomic E-state index is 5.80. The van der Waals surface area contributed by atoms with Crippen LogP contribution in [0.1, 0.15) is 22.7 Å². The molecule has 5 heteroatoms. The molecule has 0 bridgehead atoms. The molecule has 1 aliphatic rings. The van der Waals surface area contributed by atoms with Crippen LogP contribution in [0.2, 0.25) is 0 Å². The van der Waals surface area contributed by atoms with Gasteiger partial charge in [-0.15, -0.1) is 0 Å². The lowest BCUT2D eigenvalue weighted by molar-refractivity contribution is 0.357. The van der Waals surface area contributed by atoms with Gasteiger partial charge in [-0.25, -0.2) is 5.43 Å². The van der Waals surface area contributed by atoms with Gasteiger partial charge in [-0.1, -0.05) is 28.1 Å². The van der Waals surface area contributed by atoms with Crippen LogP contribution in [0, 0.1) is 0 Å². The quantitative estimate of drug-likeness (QED) is 0.658. The smallest absolute Gasteiger partial charge is 0.122 e. The van der Waals surface area contributed by atoms with E-state index in [9.17, 15) is 0 Å². The summed E-state index contributed by atoms with van der Waals surface area (Å²) < 4.78 is 11.8. The van der Waals surface area contributed by atoms with Gasteiger partial charge in [-0.2, -0.15) is 0 Å². The van der Waals surface area contributed by atoms with Crippen LogP contribution in [-0.2, 0) is 6.42 Å². The number of nitrogens with one attached hydrogen (secondary N) is 1. The van der Waals surface area contributed by atoms with Crippen molar-refractivity contribution in [3.63, 3.8) is 0 Å². The summed E-state index contributed by atoms with van der Waals surface area (Å²) in [5.41, 5.74) is 6.26. The highest BCUT2D eigenvalue weighted by molar-refractivity contribution is 9.10. The molecule has 3 rings (SSSR count). The predicted molar refractivity (Wildman–Crippen MR) is 85.5 cm³/mol. The molecule has 3 N–H and O–H groups in total. The van der Waals surface area contributed by atoms with Crippen LogP contribution in [-0.4, -0.2) is 13.7 Å². The first-order chi connectivity index (χ1) is 10.2. The van der Waals surface area contributed by atoms with Crippen molar-refractivity contribution < 1.29 is 9.47 Å². The van der Waals surface area contributed by atoms with Crippen molar-refractivity contribution in [2.24, 2.45) is 5.84 Å². The molecule has 1 aliphatic heterocycles. The van der Waals surface area contributed by atoms with Gasteiger partial charge >= 0.3 is 0 Å². The second-order valence-electron chi connectivity index (χ2n) is 4.95. The SMILES string of the molecule is COc1ccc(Br)c(C(NN)c2ccc3c(c2)CCO3)c1. The third-order valence-electron chi connectivity index (χ3n) is 3.73. The fourth-order valence-corrected chi connectivity index (χ4v) is 3.10. The van der Waals surface area contributed by atoms with Crippen LogP contribution >= 0.6 is 15.9 Å². The summed E-state index contributed by atoms with van der Waals surface area (Å²) in [6, 6.07) is 12.0. The van der Waals surface area contributed by atoms with Gasteiger partial charge in [0.15, 0.2) is 0 Å². The molecule has 4 nitrogen and oxygen atoms in total. The average Bonchev–Trinajstić information content (AvgIpc) is 2.97. The lowest BCUT2D eigenvalue weighted by Crippen LogP contribution is -2.29. The first-order valence-electron chi connectivity index (χ1n) is 6.78. The van der Waals surface area contributed by atoms with E-state index in [1.807, 2.05) is 30.3 Å². The van der Waals surface area contributed by atoms with E-state index in [0.29, 0.717) is 0 Å². The second-order valence-corrected chi connectivity index (χ2v) is 5.81. The maximum Gasteiger partial charge on any atom is 0.122 e. The van der Waals surface area contributed by atoms with E-state index in [-0.39, 0.29) is 6.04 Å². The highest BCUT2D eigenvalue weighted by Gasteiger charge is 2.19. The van der Waals surface area contributed by atoms with Crippen molar-refractivity contribution in [1.29, 1.82) is 0 Å². The number of nitrogens with two attached hydrogens (primary N) is 1. The van der Waals surface area contributed by atoms with Crippen molar-refractivity contribution in [1.82, 2.24) is 5.43 Å². The molecule has 0 aromatic heterocycles. The van der Waals surface area contributed by atoms with E-state index in [4.69, 9.17) is 15.3 Å². The molecule has 21 heavy (non-hydrogen) atoms. The summed E-state index contributed by atoms with van der Waals surface area (Å²) in [6.07, 6.45) is 0.944. The van der Waals surface area contributed by atoms with Gasteiger partial charge in [0.1, 0.15) is 11.5 Å². The number of rotatable bonds is 4. The van der Waals surface area contributed by atoms with Crippen molar-refractivity contribution in [3.05, 3.63) is 57.6 Å². The first kappa shape index (κ1) is 14.4. The summed E-state index contributed by atoms with van der Waals surface area (Å²) in [6.45, 7) is 0.752. The van der Waals surface area contributed by atoms with Crippen LogP contribution in [0.4, 0.5) is 0 Å². The van der Waals surface area contributed by atoms with Gasteiger partial charge in [-0.3, -0.25) is 5.84 Å². The lowest BCUT2D eigenvalue weighted by Gasteiger charge is -2.20. The Morgan fingerprint density at radius 3 is 2.90 bits per heavy atom. The number of halogens is 1. The van der Waals surface area contributed by atoms with Crippen LogP contribution in [0.15, 0.2) is 40.9 Å². The molecule has 1 atom stereocenters. The Kier molecular flexibility index (Phi) is 4.14. The largest absolute Gasteiger partial charge is 0.497 e. The molecule has 110 valence electrons. The predicted octanol–water partition coefficient (Wildman–Crippen LogP) is 2.95. The maximum absolute atomic E-state index is 5.80. The number of hydrazine groups is 1. The van der Waals surface area contributed by atoms with Gasteiger partial charge in [0.25, 0.3) is 0 Å².